The molecule has 19 heavy (non-hydrogen) atoms. The molecular formula is C14H12BrClN2O. The Bertz CT molecular complexity index is 599. The number of halogens is 2. The van der Waals surface area contributed by atoms with E-state index in [-0.39, 0.29) is 5.84 Å². The summed E-state index contributed by atoms with van der Waals surface area (Å²) in [6, 6.07) is 12.8. The molecule has 2 aromatic carbocycles. The van der Waals surface area contributed by atoms with Crippen molar-refractivity contribution in [2.24, 2.45) is 5.73 Å². The summed E-state index contributed by atoms with van der Waals surface area (Å²) in [6.45, 7) is 0.411. The van der Waals surface area contributed by atoms with E-state index in [1.807, 2.05) is 24.3 Å². The molecule has 0 saturated heterocycles. The Morgan fingerprint density at radius 1 is 1.21 bits per heavy atom. The molecule has 0 aromatic heterocycles. The van der Waals surface area contributed by atoms with E-state index in [1.165, 1.54) is 0 Å². The number of nitrogen functional groups attached to an aromatic ring is 1. The molecule has 0 radical (unpaired) electrons. The van der Waals surface area contributed by atoms with E-state index in [2.05, 4.69) is 15.9 Å². The Morgan fingerprint density at radius 2 is 1.89 bits per heavy atom. The van der Waals surface area contributed by atoms with Crippen molar-refractivity contribution in [1.29, 1.82) is 5.41 Å². The number of nitrogens with one attached hydrogen (secondary N) is 1. The van der Waals surface area contributed by atoms with Gasteiger partial charge in [0.25, 0.3) is 0 Å². The van der Waals surface area contributed by atoms with Crippen molar-refractivity contribution in [1.82, 2.24) is 0 Å². The van der Waals surface area contributed by atoms with E-state index < -0.39 is 0 Å². The van der Waals surface area contributed by atoms with Crippen LogP contribution in [0.3, 0.4) is 0 Å². The molecular weight excluding hydrogens is 328 g/mol. The maximum atomic E-state index is 7.32. The predicted molar refractivity (Wildman–Crippen MR) is 80.9 cm³/mol. The second-order valence-corrected chi connectivity index (χ2v) is 5.30. The van der Waals surface area contributed by atoms with Crippen LogP contribution >= 0.6 is 27.5 Å². The third-order valence-electron chi connectivity index (χ3n) is 2.55. The van der Waals surface area contributed by atoms with Crippen molar-refractivity contribution in [2.45, 2.75) is 6.61 Å². The van der Waals surface area contributed by atoms with Gasteiger partial charge in [-0.05, 0) is 23.8 Å². The van der Waals surface area contributed by atoms with Crippen LogP contribution in [-0.4, -0.2) is 5.84 Å². The van der Waals surface area contributed by atoms with Gasteiger partial charge in [0, 0.05) is 10.0 Å². The van der Waals surface area contributed by atoms with E-state index in [9.17, 15) is 0 Å². The Balaban J connectivity index is 2.06. The largest absolute Gasteiger partial charge is 0.487 e. The van der Waals surface area contributed by atoms with Gasteiger partial charge < -0.3 is 10.5 Å². The van der Waals surface area contributed by atoms with E-state index in [0.717, 1.165) is 10.0 Å². The number of rotatable bonds is 4. The topological polar surface area (TPSA) is 59.1 Å². The fourth-order valence-electron chi connectivity index (χ4n) is 1.53. The number of hydrogen-bond donors (Lipinski definition) is 2. The van der Waals surface area contributed by atoms with Gasteiger partial charge in [-0.3, -0.25) is 5.41 Å². The first-order chi connectivity index (χ1) is 9.06. The zero-order chi connectivity index (χ0) is 13.8. The highest BCUT2D eigenvalue weighted by atomic mass is 79.9. The maximum absolute atomic E-state index is 7.32. The van der Waals surface area contributed by atoms with Crippen molar-refractivity contribution in [3.05, 3.63) is 63.1 Å². The standard InChI is InChI=1S/C14H12BrClN2O/c15-11-5-6-12(16)13(7-11)19-8-9-1-3-10(4-2-9)14(17)18/h1-7H,8H2,(H3,17,18). The van der Waals surface area contributed by atoms with Gasteiger partial charge in [0.2, 0.25) is 0 Å². The molecule has 0 atom stereocenters. The fraction of sp³-hybridized carbons (Fsp3) is 0.0714. The molecule has 3 nitrogen and oxygen atoms in total. The number of nitrogens with two attached hydrogens (primary N) is 1. The lowest BCUT2D eigenvalue weighted by atomic mass is 10.1. The summed E-state index contributed by atoms with van der Waals surface area (Å²) >= 11 is 9.41. The van der Waals surface area contributed by atoms with Crippen LogP contribution in [0.2, 0.25) is 5.02 Å². The average molecular weight is 340 g/mol. The highest BCUT2D eigenvalue weighted by molar-refractivity contribution is 9.10. The van der Waals surface area contributed by atoms with Crippen molar-refractivity contribution in [3.8, 4) is 5.75 Å². The summed E-state index contributed by atoms with van der Waals surface area (Å²) in [5, 5.41) is 7.89. The summed E-state index contributed by atoms with van der Waals surface area (Å²) in [6.07, 6.45) is 0. The van der Waals surface area contributed by atoms with Gasteiger partial charge >= 0.3 is 0 Å². The summed E-state index contributed by atoms with van der Waals surface area (Å²) in [4.78, 5) is 0. The SMILES string of the molecule is N=C(N)c1ccc(COc2cc(Br)ccc2Cl)cc1. The molecule has 5 heteroatoms. The molecule has 0 aliphatic carbocycles. The highest BCUT2D eigenvalue weighted by Crippen LogP contribution is 2.28. The molecule has 0 spiro atoms. The summed E-state index contributed by atoms with van der Waals surface area (Å²) in [7, 11) is 0. The first-order valence-corrected chi connectivity index (χ1v) is 6.74. The van der Waals surface area contributed by atoms with E-state index in [4.69, 9.17) is 27.5 Å². The molecule has 0 bridgehead atoms. The van der Waals surface area contributed by atoms with Crippen LogP contribution in [0.1, 0.15) is 11.1 Å². The molecule has 2 rings (SSSR count). The minimum atomic E-state index is 0.0579. The normalized spacial score (nSPS) is 10.2. The Kier molecular flexibility index (Phi) is 4.45. The lowest BCUT2D eigenvalue weighted by molar-refractivity contribution is 0.306. The Labute approximate surface area is 125 Å². The van der Waals surface area contributed by atoms with Gasteiger partial charge in [-0.15, -0.1) is 0 Å². The van der Waals surface area contributed by atoms with E-state index in [0.29, 0.717) is 22.9 Å². The second-order valence-electron chi connectivity index (χ2n) is 3.97. The van der Waals surface area contributed by atoms with E-state index >= 15 is 0 Å². The van der Waals surface area contributed by atoms with Crippen LogP contribution in [0.4, 0.5) is 0 Å². The molecule has 98 valence electrons. The molecule has 0 heterocycles. The third kappa shape index (κ3) is 3.72. The van der Waals surface area contributed by atoms with Gasteiger partial charge in [-0.2, -0.15) is 0 Å². The van der Waals surface area contributed by atoms with Gasteiger partial charge in [0.1, 0.15) is 18.2 Å². The molecule has 0 fully saturated rings. The third-order valence-corrected chi connectivity index (χ3v) is 3.36. The van der Waals surface area contributed by atoms with Crippen LogP contribution < -0.4 is 10.5 Å². The van der Waals surface area contributed by atoms with Crippen molar-refractivity contribution >= 4 is 33.4 Å². The smallest absolute Gasteiger partial charge is 0.139 e. The molecule has 0 aliphatic rings. The predicted octanol–water partition coefficient (Wildman–Crippen LogP) is 3.97. The van der Waals surface area contributed by atoms with E-state index in [1.54, 1.807) is 18.2 Å². The zero-order valence-corrected chi connectivity index (χ0v) is 12.3. The number of benzene rings is 2. The molecule has 0 saturated carbocycles. The Hall–Kier alpha value is -1.52. The lowest BCUT2D eigenvalue weighted by Gasteiger charge is -2.09. The zero-order valence-electron chi connectivity index (χ0n) is 9.99. The fourth-order valence-corrected chi connectivity index (χ4v) is 2.04. The molecule has 2 aromatic rings. The monoisotopic (exact) mass is 338 g/mol. The van der Waals surface area contributed by atoms with Crippen molar-refractivity contribution in [3.63, 3.8) is 0 Å². The minimum absolute atomic E-state index is 0.0579. The van der Waals surface area contributed by atoms with Crippen molar-refractivity contribution in [2.75, 3.05) is 0 Å². The first kappa shape index (κ1) is 13.9. The van der Waals surface area contributed by atoms with Gasteiger partial charge in [-0.25, -0.2) is 0 Å². The van der Waals surface area contributed by atoms with Crippen LogP contribution in [0, 0.1) is 5.41 Å². The van der Waals surface area contributed by atoms with Crippen molar-refractivity contribution < 1.29 is 4.74 Å². The van der Waals surface area contributed by atoms with Crippen LogP contribution in [0.25, 0.3) is 0 Å². The summed E-state index contributed by atoms with van der Waals surface area (Å²) < 4.78 is 6.57. The summed E-state index contributed by atoms with van der Waals surface area (Å²) in [5.41, 5.74) is 7.08. The highest BCUT2D eigenvalue weighted by Gasteiger charge is 2.03. The molecule has 3 N–H and O–H groups in total. The van der Waals surface area contributed by atoms with Crippen LogP contribution in [0.5, 0.6) is 5.75 Å². The minimum Gasteiger partial charge on any atom is -0.487 e. The van der Waals surface area contributed by atoms with Crippen LogP contribution in [0.15, 0.2) is 46.9 Å². The Morgan fingerprint density at radius 3 is 2.53 bits per heavy atom. The number of hydrogen-bond acceptors (Lipinski definition) is 2. The van der Waals surface area contributed by atoms with Gasteiger partial charge in [0.05, 0.1) is 5.02 Å². The molecule has 0 amide bonds. The molecule has 0 unspecified atom stereocenters. The first-order valence-electron chi connectivity index (χ1n) is 5.57. The lowest BCUT2D eigenvalue weighted by Crippen LogP contribution is -2.10. The quantitative estimate of drug-likeness (QED) is 0.654. The number of amidine groups is 1. The number of ether oxygens (including phenoxy) is 1. The second kappa shape index (κ2) is 6.08. The summed E-state index contributed by atoms with van der Waals surface area (Å²) in [5.74, 6) is 0.689. The van der Waals surface area contributed by atoms with Crippen LogP contribution in [-0.2, 0) is 6.61 Å². The molecule has 0 aliphatic heterocycles. The van der Waals surface area contributed by atoms with Gasteiger partial charge in [0.15, 0.2) is 0 Å². The average Bonchev–Trinajstić information content (AvgIpc) is 2.40. The van der Waals surface area contributed by atoms with Gasteiger partial charge in [-0.1, -0.05) is 51.8 Å². The maximum Gasteiger partial charge on any atom is 0.139 e.